The smallest absolute Gasteiger partial charge is 0.0595 e. The van der Waals surface area contributed by atoms with E-state index in [9.17, 15) is 0 Å². The third kappa shape index (κ3) is 4.34. The van der Waals surface area contributed by atoms with Gasteiger partial charge in [-0.05, 0) is 36.5 Å². The van der Waals surface area contributed by atoms with E-state index in [0.717, 1.165) is 11.8 Å². The highest BCUT2D eigenvalue weighted by Crippen LogP contribution is 2.25. The predicted octanol–water partition coefficient (Wildman–Crippen LogP) is 5.35. The number of alkyl halides is 1. The number of hydrogen-bond donors (Lipinski definition) is 0. The molecular formula is C12H15BrCl2. The molecular weight excluding hydrogens is 295 g/mol. The number of hydrogen-bond acceptors (Lipinski definition) is 0. The summed E-state index contributed by atoms with van der Waals surface area (Å²) >= 11 is 15.4. The van der Waals surface area contributed by atoms with E-state index in [0.29, 0.717) is 16.0 Å². The molecule has 0 radical (unpaired) electrons. The van der Waals surface area contributed by atoms with Crippen molar-refractivity contribution in [1.82, 2.24) is 0 Å². The average Bonchev–Trinajstić information content (AvgIpc) is 2.23. The molecule has 0 aliphatic carbocycles. The van der Waals surface area contributed by atoms with Gasteiger partial charge in [0.15, 0.2) is 0 Å². The maximum atomic E-state index is 5.97. The zero-order chi connectivity index (χ0) is 11.3. The lowest BCUT2D eigenvalue weighted by Crippen LogP contribution is -2.05. The van der Waals surface area contributed by atoms with Crippen molar-refractivity contribution in [3.63, 3.8) is 0 Å². The molecule has 0 aliphatic rings. The lowest BCUT2D eigenvalue weighted by atomic mass is 9.97. The summed E-state index contributed by atoms with van der Waals surface area (Å²) in [7, 11) is 0. The molecule has 0 bridgehead atoms. The Kier molecular flexibility index (Phi) is 6.03. The average molecular weight is 310 g/mol. The lowest BCUT2D eigenvalue weighted by molar-refractivity contribution is 0.534. The molecule has 0 aromatic heterocycles. The minimum atomic E-state index is 0.631. The third-order valence-electron chi connectivity index (χ3n) is 2.42. The summed E-state index contributed by atoms with van der Waals surface area (Å²) in [4.78, 5) is 0. The molecule has 1 atom stereocenters. The highest BCUT2D eigenvalue weighted by Gasteiger charge is 2.08. The van der Waals surface area contributed by atoms with Crippen molar-refractivity contribution in [1.29, 1.82) is 0 Å². The van der Waals surface area contributed by atoms with E-state index < -0.39 is 0 Å². The van der Waals surface area contributed by atoms with E-state index in [1.54, 1.807) is 0 Å². The zero-order valence-electron chi connectivity index (χ0n) is 8.77. The van der Waals surface area contributed by atoms with E-state index in [2.05, 4.69) is 28.9 Å². The van der Waals surface area contributed by atoms with Crippen LogP contribution in [-0.4, -0.2) is 5.33 Å². The quantitative estimate of drug-likeness (QED) is 0.643. The first kappa shape index (κ1) is 13.3. The van der Waals surface area contributed by atoms with Crippen molar-refractivity contribution in [2.75, 3.05) is 5.33 Å². The van der Waals surface area contributed by atoms with E-state index in [-0.39, 0.29) is 0 Å². The SMILES string of the molecule is CCCC(CBr)Cc1ccc(Cl)c(Cl)c1. The van der Waals surface area contributed by atoms with Crippen molar-refractivity contribution >= 4 is 39.1 Å². The summed E-state index contributed by atoms with van der Waals surface area (Å²) in [6.45, 7) is 2.21. The molecule has 0 nitrogen and oxygen atoms in total. The van der Waals surface area contributed by atoms with Crippen LogP contribution >= 0.6 is 39.1 Å². The van der Waals surface area contributed by atoms with Crippen LogP contribution in [0.15, 0.2) is 18.2 Å². The second-order valence-corrected chi connectivity index (χ2v) is 5.22. The molecule has 0 fully saturated rings. The topological polar surface area (TPSA) is 0 Å². The second-order valence-electron chi connectivity index (χ2n) is 3.76. The van der Waals surface area contributed by atoms with Crippen molar-refractivity contribution in [2.45, 2.75) is 26.2 Å². The van der Waals surface area contributed by atoms with Gasteiger partial charge in [0.1, 0.15) is 0 Å². The van der Waals surface area contributed by atoms with Gasteiger partial charge in [0.05, 0.1) is 10.0 Å². The normalized spacial score (nSPS) is 12.8. The predicted molar refractivity (Wildman–Crippen MR) is 72.4 cm³/mol. The largest absolute Gasteiger partial charge is 0.0925 e. The van der Waals surface area contributed by atoms with E-state index in [4.69, 9.17) is 23.2 Å². The van der Waals surface area contributed by atoms with E-state index >= 15 is 0 Å². The third-order valence-corrected chi connectivity index (χ3v) is 4.08. The van der Waals surface area contributed by atoms with Crippen LogP contribution in [-0.2, 0) is 6.42 Å². The van der Waals surface area contributed by atoms with Gasteiger partial charge in [0.25, 0.3) is 0 Å². The first-order chi connectivity index (χ1) is 7.17. The number of benzene rings is 1. The molecule has 15 heavy (non-hydrogen) atoms. The van der Waals surface area contributed by atoms with Crippen LogP contribution in [0.5, 0.6) is 0 Å². The van der Waals surface area contributed by atoms with Gasteiger partial charge in [-0.15, -0.1) is 0 Å². The first-order valence-corrected chi connectivity index (χ1v) is 7.05. The fourth-order valence-corrected chi connectivity index (χ4v) is 2.52. The standard InChI is InChI=1S/C12H15BrCl2/c1-2-3-10(8-13)6-9-4-5-11(14)12(15)7-9/h4-5,7,10H,2-3,6,8H2,1H3. The summed E-state index contributed by atoms with van der Waals surface area (Å²) in [6.07, 6.45) is 3.53. The molecule has 0 N–H and O–H groups in total. The van der Waals surface area contributed by atoms with Gasteiger partial charge in [-0.3, -0.25) is 0 Å². The van der Waals surface area contributed by atoms with Crippen LogP contribution in [0.25, 0.3) is 0 Å². The fraction of sp³-hybridized carbons (Fsp3) is 0.500. The highest BCUT2D eigenvalue weighted by molar-refractivity contribution is 9.09. The molecule has 0 amide bonds. The Labute approximate surface area is 110 Å². The summed E-state index contributed by atoms with van der Waals surface area (Å²) in [5, 5.41) is 2.33. The summed E-state index contributed by atoms with van der Waals surface area (Å²) in [6, 6.07) is 5.89. The van der Waals surface area contributed by atoms with Crippen LogP contribution in [0, 0.1) is 5.92 Å². The first-order valence-electron chi connectivity index (χ1n) is 5.17. The van der Waals surface area contributed by atoms with E-state index in [1.807, 2.05) is 12.1 Å². The van der Waals surface area contributed by atoms with Gasteiger partial charge in [-0.25, -0.2) is 0 Å². The monoisotopic (exact) mass is 308 g/mol. The maximum Gasteiger partial charge on any atom is 0.0595 e. The summed E-state index contributed by atoms with van der Waals surface area (Å²) in [5.74, 6) is 0.687. The molecule has 0 aliphatic heterocycles. The van der Waals surface area contributed by atoms with Crippen molar-refractivity contribution < 1.29 is 0 Å². The molecule has 1 aromatic rings. The molecule has 0 spiro atoms. The van der Waals surface area contributed by atoms with Crippen LogP contribution in [0.2, 0.25) is 10.0 Å². The van der Waals surface area contributed by atoms with Gasteiger partial charge >= 0.3 is 0 Å². The minimum Gasteiger partial charge on any atom is -0.0925 e. The van der Waals surface area contributed by atoms with Crippen LogP contribution in [0.3, 0.4) is 0 Å². The molecule has 3 heteroatoms. The Bertz CT molecular complexity index is 312. The van der Waals surface area contributed by atoms with Crippen molar-refractivity contribution in [3.05, 3.63) is 33.8 Å². The highest BCUT2D eigenvalue weighted by atomic mass is 79.9. The van der Waals surface area contributed by atoms with E-state index in [1.165, 1.54) is 18.4 Å². The number of halogens is 3. The Morgan fingerprint density at radius 1 is 1.27 bits per heavy atom. The molecule has 1 aromatic carbocycles. The molecule has 1 unspecified atom stereocenters. The molecule has 1 rings (SSSR count). The number of rotatable bonds is 5. The Hall–Kier alpha value is 0.280. The fourth-order valence-electron chi connectivity index (χ4n) is 1.64. The maximum absolute atomic E-state index is 5.97. The lowest BCUT2D eigenvalue weighted by Gasteiger charge is -2.13. The Morgan fingerprint density at radius 2 is 2.00 bits per heavy atom. The van der Waals surface area contributed by atoms with Crippen molar-refractivity contribution in [2.24, 2.45) is 5.92 Å². The molecule has 84 valence electrons. The van der Waals surface area contributed by atoms with Crippen LogP contribution in [0.1, 0.15) is 25.3 Å². The van der Waals surface area contributed by atoms with Gasteiger partial charge in [-0.2, -0.15) is 0 Å². The van der Waals surface area contributed by atoms with Crippen molar-refractivity contribution in [3.8, 4) is 0 Å². The molecule has 0 saturated carbocycles. The molecule has 0 saturated heterocycles. The van der Waals surface area contributed by atoms with Crippen LogP contribution < -0.4 is 0 Å². The van der Waals surface area contributed by atoms with Gasteiger partial charge in [0, 0.05) is 5.33 Å². The summed E-state index contributed by atoms with van der Waals surface area (Å²) < 4.78 is 0. The van der Waals surface area contributed by atoms with Gasteiger partial charge in [0.2, 0.25) is 0 Å². The second kappa shape index (κ2) is 6.78. The Balaban J connectivity index is 2.66. The zero-order valence-corrected chi connectivity index (χ0v) is 11.9. The Morgan fingerprint density at radius 3 is 2.53 bits per heavy atom. The summed E-state index contributed by atoms with van der Waals surface area (Å²) in [5.41, 5.74) is 1.27. The van der Waals surface area contributed by atoms with Gasteiger partial charge in [-0.1, -0.05) is 58.5 Å². The molecule has 0 heterocycles. The van der Waals surface area contributed by atoms with Gasteiger partial charge < -0.3 is 0 Å². The minimum absolute atomic E-state index is 0.631. The van der Waals surface area contributed by atoms with Crippen LogP contribution in [0.4, 0.5) is 0 Å².